The number of non-ortho nitro benzene ring substituents is 1. The smallest absolute Gasteiger partial charge is 0.269 e. The van der Waals surface area contributed by atoms with Crippen molar-refractivity contribution in [2.75, 3.05) is 26.8 Å². The minimum Gasteiger partial charge on any atom is -0.383 e. The molecule has 1 N–H and O–H groups in total. The lowest BCUT2D eigenvalue weighted by atomic mass is 10.1. The number of rotatable bonds is 7. The van der Waals surface area contributed by atoms with E-state index in [1.165, 1.54) is 24.3 Å². The van der Waals surface area contributed by atoms with Crippen LogP contribution in [0.2, 0.25) is 0 Å². The first-order valence-corrected chi connectivity index (χ1v) is 5.12. The zero-order valence-electron chi connectivity index (χ0n) is 9.51. The molecule has 1 rings (SSSR count). The first-order valence-electron chi connectivity index (χ1n) is 5.12. The fourth-order valence-electron chi connectivity index (χ4n) is 1.25. The number of benzene rings is 1. The van der Waals surface area contributed by atoms with Crippen molar-refractivity contribution in [1.82, 2.24) is 5.32 Å². The first kappa shape index (κ1) is 13.3. The van der Waals surface area contributed by atoms with Crippen LogP contribution in [0.15, 0.2) is 24.3 Å². The summed E-state index contributed by atoms with van der Waals surface area (Å²) in [6, 6.07) is 5.56. The maximum absolute atomic E-state index is 11.6. The summed E-state index contributed by atoms with van der Waals surface area (Å²) in [6.45, 7) is 1.32. The van der Waals surface area contributed by atoms with Crippen LogP contribution in [-0.2, 0) is 4.74 Å². The molecule has 0 unspecified atom stereocenters. The van der Waals surface area contributed by atoms with Gasteiger partial charge in [-0.15, -0.1) is 0 Å². The van der Waals surface area contributed by atoms with Crippen molar-refractivity contribution in [3.8, 4) is 0 Å². The monoisotopic (exact) mass is 238 g/mol. The number of carbonyl (C=O) groups excluding carboxylic acids is 1. The van der Waals surface area contributed by atoms with Gasteiger partial charge in [0.15, 0.2) is 5.78 Å². The molecule has 92 valence electrons. The van der Waals surface area contributed by atoms with Crippen LogP contribution < -0.4 is 5.32 Å². The molecule has 1 aromatic carbocycles. The fourth-order valence-corrected chi connectivity index (χ4v) is 1.25. The molecule has 6 nitrogen and oxygen atoms in total. The summed E-state index contributed by atoms with van der Waals surface area (Å²) in [4.78, 5) is 21.5. The summed E-state index contributed by atoms with van der Waals surface area (Å²) in [5, 5.41) is 13.3. The van der Waals surface area contributed by atoms with Gasteiger partial charge in [-0.25, -0.2) is 0 Å². The average molecular weight is 238 g/mol. The molecule has 1 aromatic rings. The van der Waals surface area contributed by atoms with Crippen molar-refractivity contribution in [3.63, 3.8) is 0 Å². The molecular formula is C11H14N2O4. The van der Waals surface area contributed by atoms with Crippen molar-refractivity contribution in [2.45, 2.75) is 0 Å². The van der Waals surface area contributed by atoms with E-state index in [1.54, 1.807) is 7.11 Å². The number of Topliss-reactive ketones (excluding diaryl/α,β-unsaturated/α-hetero) is 1. The van der Waals surface area contributed by atoms with E-state index in [0.29, 0.717) is 18.7 Å². The standard InChI is InChI=1S/C11H14N2O4/c1-17-7-6-12-8-11(14)9-2-4-10(5-3-9)13(15)16/h2-5,12H,6-8H2,1H3. The summed E-state index contributed by atoms with van der Waals surface area (Å²) >= 11 is 0. The fraction of sp³-hybridized carbons (Fsp3) is 0.364. The zero-order chi connectivity index (χ0) is 12.7. The van der Waals surface area contributed by atoms with Gasteiger partial charge in [0.1, 0.15) is 0 Å². The van der Waals surface area contributed by atoms with E-state index in [2.05, 4.69) is 5.32 Å². The Hall–Kier alpha value is -1.79. The number of hydrogen-bond donors (Lipinski definition) is 1. The highest BCUT2D eigenvalue weighted by Gasteiger charge is 2.08. The molecule has 0 amide bonds. The van der Waals surface area contributed by atoms with Crippen LogP contribution >= 0.6 is 0 Å². The Morgan fingerprint density at radius 2 is 2.06 bits per heavy atom. The molecule has 6 heteroatoms. The molecule has 0 atom stereocenters. The molecule has 0 heterocycles. The SMILES string of the molecule is COCCNCC(=O)c1ccc([N+](=O)[O-])cc1. The maximum Gasteiger partial charge on any atom is 0.269 e. The quantitative estimate of drug-likeness (QED) is 0.332. The molecule has 0 saturated heterocycles. The van der Waals surface area contributed by atoms with Crippen molar-refractivity contribution in [1.29, 1.82) is 0 Å². The molecule has 17 heavy (non-hydrogen) atoms. The third-order valence-electron chi connectivity index (χ3n) is 2.17. The lowest BCUT2D eigenvalue weighted by Crippen LogP contribution is -2.26. The first-order chi connectivity index (χ1) is 8.15. The van der Waals surface area contributed by atoms with Crippen molar-refractivity contribution in [2.24, 2.45) is 0 Å². The van der Waals surface area contributed by atoms with Gasteiger partial charge in [-0.1, -0.05) is 0 Å². The van der Waals surface area contributed by atoms with E-state index >= 15 is 0 Å². The topological polar surface area (TPSA) is 81.5 Å². The number of hydrogen-bond acceptors (Lipinski definition) is 5. The minimum absolute atomic E-state index is 0.0195. The predicted octanol–water partition coefficient (Wildman–Crippen LogP) is 1.01. The molecule has 0 aromatic heterocycles. The number of nitrogens with zero attached hydrogens (tertiary/aromatic N) is 1. The van der Waals surface area contributed by atoms with Crippen LogP contribution in [0.25, 0.3) is 0 Å². The van der Waals surface area contributed by atoms with Gasteiger partial charge in [0.25, 0.3) is 5.69 Å². The normalized spacial score (nSPS) is 10.2. The second kappa shape index (κ2) is 6.72. The Morgan fingerprint density at radius 3 is 2.59 bits per heavy atom. The minimum atomic E-state index is -0.495. The van der Waals surface area contributed by atoms with Crippen molar-refractivity contribution < 1.29 is 14.5 Å². The third kappa shape index (κ3) is 4.29. The van der Waals surface area contributed by atoms with E-state index in [0.717, 1.165) is 0 Å². The summed E-state index contributed by atoms with van der Waals surface area (Å²) in [7, 11) is 1.58. The Balaban J connectivity index is 2.49. The van der Waals surface area contributed by atoms with Gasteiger partial charge in [-0.05, 0) is 12.1 Å². The maximum atomic E-state index is 11.6. The van der Waals surface area contributed by atoms with E-state index in [-0.39, 0.29) is 18.0 Å². The van der Waals surface area contributed by atoms with E-state index < -0.39 is 4.92 Å². The molecule has 0 aliphatic carbocycles. The van der Waals surface area contributed by atoms with Gasteiger partial charge in [-0.3, -0.25) is 14.9 Å². The molecule has 0 saturated carbocycles. The zero-order valence-corrected chi connectivity index (χ0v) is 9.51. The highest BCUT2D eigenvalue weighted by molar-refractivity contribution is 5.97. The molecule has 0 fully saturated rings. The molecule has 0 bridgehead atoms. The summed E-state index contributed by atoms with van der Waals surface area (Å²) < 4.78 is 4.82. The lowest BCUT2D eigenvalue weighted by molar-refractivity contribution is -0.384. The molecule has 0 aliphatic heterocycles. The molecular weight excluding hydrogens is 224 g/mol. The average Bonchev–Trinajstić information content (AvgIpc) is 2.34. The number of carbonyl (C=O) groups is 1. The number of nitro groups is 1. The summed E-state index contributed by atoms with van der Waals surface area (Å²) in [5.74, 6) is -0.101. The van der Waals surface area contributed by atoms with E-state index in [9.17, 15) is 14.9 Å². The molecule has 0 spiro atoms. The van der Waals surface area contributed by atoms with E-state index in [4.69, 9.17) is 4.74 Å². The third-order valence-corrected chi connectivity index (χ3v) is 2.17. The summed E-state index contributed by atoms with van der Waals surface area (Å²) in [6.07, 6.45) is 0. The van der Waals surface area contributed by atoms with Gasteiger partial charge in [0, 0.05) is 31.4 Å². The Bertz CT molecular complexity index is 389. The van der Waals surface area contributed by atoms with Crippen LogP contribution in [0, 0.1) is 10.1 Å². The number of nitrogens with one attached hydrogen (secondary N) is 1. The largest absolute Gasteiger partial charge is 0.383 e. The van der Waals surface area contributed by atoms with Crippen LogP contribution in [0.3, 0.4) is 0 Å². The van der Waals surface area contributed by atoms with E-state index in [1.807, 2.05) is 0 Å². The Kier molecular flexibility index (Phi) is 5.25. The van der Waals surface area contributed by atoms with Gasteiger partial charge in [0.2, 0.25) is 0 Å². The second-order valence-corrected chi connectivity index (χ2v) is 3.40. The van der Waals surface area contributed by atoms with Gasteiger partial charge in [-0.2, -0.15) is 0 Å². The predicted molar refractivity (Wildman–Crippen MR) is 62.2 cm³/mol. The lowest BCUT2D eigenvalue weighted by Gasteiger charge is -2.03. The van der Waals surface area contributed by atoms with Gasteiger partial charge < -0.3 is 10.1 Å². The van der Waals surface area contributed by atoms with Crippen LogP contribution in [0.1, 0.15) is 10.4 Å². The molecule has 0 radical (unpaired) electrons. The number of methoxy groups -OCH3 is 1. The number of nitro benzene ring substituents is 1. The van der Waals surface area contributed by atoms with Crippen LogP contribution in [-0.4, -0.2) is 37.5 Å². The molecule has 0 aliphatic rings. The van der Waals surface area contributed by atoms with Crippen molar-refractivity contribution in [3.05, 3.63) is 39.9 Å². The highest BCUT2D eigenvalue weighted by atomic mass is 16.6. The Morgan fingerprint density at radius 1 is 1.41 bits per heavy atom. The summed E-state index contributed by atoms with van der Waals surface area (Å²) in [5.41, 5.74) is 0.439. The van der Waals surface area contributed by atoms with Gasteiger partial charge in [0.05, 0.1) is 18.1 Å². The van der Waals surface area contributed by atoms with Crippen molar-refractivity contribution >= 4 is 11.5 Å². The second-order valence-electron chi connectivity index (χ2n) is 3.40. The highest BCUT2D eigenvalue weighted by Crippen LogP contribution is 2.11. The number of ether oxygens (including phenoxy) is 1. The van der Waals surface area contributed by atoms with Gasteiger partial charge >= 0.3 is 0 Å². The van der Waals surface area contributed by atoms with Crippen LogP contribution in [0.5, 0.6) is 0 Å². The van der Waals surface area contributed by atoms with Crippen LogP contribution in [0.4, 0.5) is 5.69 Å². The Labute approximate surface area is 98.7 Å². The number of ketones is 1.